The number of carbonyl (C=O) groups is 1. The van der Waals surface area contributed by atoms with Gasteiger partial charge in [-0.1, -0.05) is 31.5 Å². The van der Waals surface area contributed by atoms with E-state index in [1.165, 1.54) is 0 Å². The summed E-state index contributed by atoms with van der Waals surface area (Å²) in [6.45, 7) is 2.40. The fourth-order valence-corrected chi connectivity index (χ4v) is 2.85. The van der Waals surface area contributed by atoms with Gasteiger partial charge in [0.15, 0.2) is 0 Å². The summed E-state index contributed by atoms with van der Waals surface area (Å²) >= 11 is 0. The number of hydrogen-bond acceptors (Lipinski definition) is 4. The van der Waals surface area contributed by atoms with Crippen LogP contribution >= 0.6 is 0 Å². The maximum atomic E-state index is 10.9. The summed E-state index contributed by atoms with van der Waals surface area (Å²) in [6, 6.07) is 11.4. The fourth-order valence-electron chi connectivity index (χ4n) is 2.85. The van der Waals surface area contributed by atoms with Gasteiger partial charge in [-0.15, -0.1) is 0 Å². The average Bonchev–Trinajstić information content (AvgIpc) is 2.54. The van der Waals surface area contributed by atoms with Crippen molar-refractivity contribution in [2.24, 2.45) is 11.8 Å². The van der Waals surface area contributed by atoms with Crippen LogP contribution in [0.5, 0.6) is 5.75 Å². The van der Waals surface area contributed by atoms with Crippen molar-refractivity contribution in [2.75, 3.05) is 6.61 Å². The van der Waals surface area contributed by atoms with Crippen molar-refractivity contribution in [1.82, 2.24) is 0 Å². The van der Waals surface area contributed by atoms with Gasteiger partial charge in [-0.2, -0.15) is 10.5 Å². The van der Waals surface area contributed by atoms with Gasteiger partial charge in [0.25, 0.3) is 0 Å². The number of nitrogens with zero attached hydrogens (tertiary/aromatic N) is 2. The highest BCUT2D eigenvalue weighted by Gasteiger charge is 2.33. The quantitative estimate of drug-likeness (QED) is 0.627. The molecule has 0 saturated carbocycles. The number of allylic oxidation sites excluding steroid dienone is 1. The standard InChI is InChI=1S/C17H16N2O2/c1-2-12(7-8-20)15-11-21-16-6-4-3-5-14(16)17(15)13(9-18)10-19/h3-6,8,12,15H,2,7,11H2,1H3/t12-,15+/m1/s1. The zero-order chi connectivity index (χ0) is 15.2. The van der Waals surface area contributed by atoms with Gasteiger partial charge in [0.05, 0.1) is 6.61 Å². The number of para-hydroxylation sites is 1. The molecule has 0 bridgehead atoms. The van der Waals surface area contributed by atoms with Crippen molar-refractivity contribution in [1.29, 1.82) is 10.5 Å². The normalized spacial score (nSPS) is 17.7. The van der Waals surface area contributed by atoms with Crippen LogP contribution in [0.15, 0.2) is 29.8 Å². The molecule has 0 aliphatic carbocycles. The highest BCUT2D eigenvalue weighted by atomic mass is 16.5. The lowest BCUT2D eigenvalue weighted by Gasteiger charge is -2.33. The van der Waals surface area contributed by atoms with Crippen LogP contribution in [0.2, 0.25) is 0 Å². The first-order valence-electron chi connectivity index (χ1n) is 6.97. The first-order chi connectivity index (χ1) is 10.3. The Balaban J connectivity index is 2.59. The molecule has 106 valence electrons. The van der Waals surface area contributed by atoms with E-state index in [2.05, 4.69) is 0 Å². The Morgan fingerprint density at radius 2 is 2.14 bits per heavy atom. The Morgan fingerprint density at radius 1 is 1.43 bits per heavy atom. The summed E-state index contributed by atoms with van der Waals surface area (Å²) in [5.74, 6) is 0.652. The second-order valence-corrected chi connectivity index (χ2v) is 5.00. The van der Waals surface area contributed by atoms with E-state index in [0.717, 1.165) is 23.8 Å². The monoisotopic (exact) mass is 280 g/mol. The second kappa shape index (κ2) is 6.72. The number of hydrogen-bond donors (Lipinski definition) is 0. The molecule has 0 fully saturated rings. The van der Waals surface area contributed by atoms with Gasteiger partial charge in [-0.3, -0.25) is 0 Å². The highest BCUT2D eigenvalue weighted by Crippen LogP contribution is 2.42. The number of rotatable bonds is 4. The number of ether oxygens (including phenoxy) is 1. The zero-order valence-electron chi connectivity index (χ0n) is 11.9. The molecule has 21 heavy (non-hydrogen) atoms. The molecule has 4 heteroatoms. The van der Waals surface area contributed by atoms with Gasteiger partial charge in [0.1, 0.15) is 29.7 Å². The summed E-state index contributed by atoms with van der Waals surface area (Å²) in [5.41, 5.74) is 1.62. The molecule has 0 radical (unpaired) electrons. The molecular weight excluding hydrogens is 264 g/mol. The maximum absolute atomic E-state index is 10.9. The van der Waals surface area contributed by atoms with Crippen LogP contribution in [-0.2, 0) is 4.79 Å². The minimum atomic E-state index is -0.107. The summed E-state index contributed by atoms with van der Waals surface area (Å²) < 4.78 is 5.77. The largest absolute Gasteiger partial charge is 0.492 e. The van der Waals surface area contributed by atoms with Crippen LogP contribution in [0.1, 0.15) is 25.3 Å². The third-order valence-corrected chi connectivity index (χ3v) is 3.95. The number of carbonyl (C=O) groups excluding carboxylic acids is 1. The minimum absolute atomic E-state index is 0.0718. The van der Waals surface area contributed by atoms with Crippen molar-refractivity contribution >= 4 is 11.9 Å². The summed E-state index contributed by atoms with van der Waals surface area (Å²) in [4.78, 5) is 10.9. The van der Waals surface area contributed by atoms with Crippen LogP contribution in [-0.4, -0.2) is 12.9 Å². The molecule has 2 rings (SSSR count). The van der Waals surface area contributed by atoms with Gasteiger partial charge in [0.2, 0.25) is 0 Å². The average molecular weight is 280 g/mol. The van der Waals surface area contributed by atoms with Crippen molar-refractivity contribution in [3.05, 3.63) is 35.4 Å². The first-order valence-corrected chi connectivity index (χ1v) is 6.97. The fraction of sp³-hybridized carbons (Fsp3) is 0.353. The Kier molecular flexibility index (Phi) is 4.74. The molecule has 1 aromatic carbocycles. The van der Waals surface area contributed by atoms with Crippen LogP contribution < -0.4 is 4.74 Å². The van der Waals surface area contributed by atoms with Crippen LogP contribution in [0.4, 0.5) is 0 Å². The number of benzene rings is 1. The Hall–Kier alpha value is -2.59. The van der Waals surface area contributed by atoms with Crippen LogP contribution in [0.3, 0.4) is 0 Å². The van der Waals surface area contributed by atoms with E-state index in [0.29, 0.717) is 18.8 Å². The molecule has 0 unspecified atom stereocenters. The third-order valence-electron chi connectivity index (χ3n) is 3.95. The summed E-state index contributed by atoms with van der Waals surface area (Å²) in [5, 5.41) is 18.5. The summed E-state index contributed by atoms with van der Waals surface area (Å²) in [6.07, 6.45) is 2.09. The number of aldehydes is 1. The maximum Gasteiger partial charge on any atom is 0.134 e. The molecule has 0 N–H and O–H groups in total. The predicted octanol–water partition coefficient (Wildman–Crippen LogP) is 3.11. The van der Waals surface area contributed by atoms with E-state index >= 15 is 0 Å². The molecule has 0 aromatic heterocycles. The summed E-state index contributed by atoms with van der Waals surface area (Å²) in [7, 11) is 0. The molecule has 1 heterocycles. The molecular formula is C17H16N2O2. The lowest BCUT2D eigenvalue weighted by atomic mass is 9.77. The third kappa shape index (κ3) is 2.80. The van der Waals surface area contributed by atoms with E-state index in [4.69, 9.17) is 4.74 Å². The predicted molar refractivity (Wildman–Crippen MR) is 78.0 cm³/mol. The highest BCUT2D eigenvalue weighted by molar-refractivity contribution is 5.81. The molecule has 0 saturated heterocycles. The van der Waals surface area contributed by atoms with E-state index in [1.807, 2.05) is 43.3 Å². The van der Waals surface area contributed by atoms with Gasteiger partial charge < -0.3 is 9.53 Å². The van der Waals surface area contributed by atoms with Gasteiger partial charge >= 0.3 is 0 Å². The van der Waals surface area contributed by atoms with Crippen molar-refractivity contribution in [2.45, 2.75) is 19.8 Å². The van der Waals surface area contributed by atoms with E-state index in [-0.39, 0.29) is 17.4 Å². The zero-order valence-corrected chi connectivity index (χ0v) is 11.9. The molecule has 0 amide bonds. The lowest BCUT2D eigenvalue weighted by molar-refractivity contribution is -0.108. The van der Waals surface area contributed by atoms with Crippen molar-refractivity contribution in [3.8, 4) is 17.9 Å². The first kappa shape index (κ1) is 14.8. The smallest absolute Gasteiger partial charge is 0.134 e. The SMILES string of the molecule is CC[C@H](CC=O)[C@@H]1COc2ccccc2C1=C(C#N)C#N. The lowest BCUT2D eigenvalue weighted by Crippen LogP contribution is -2.28. The van der Waals surface area contributed by atoms with Crippen LogP contribution in [0, 0.1) is 34.5 Å². The Bertz CT molecular complexity index is 633. The minimum Gasteiger partial charge on any atom is -0.492 e. The van der Waals surface area contributed by atoms with E-state index in [9.17, 15) is 15.3 Å². The number of fused-ring (bicyclic) bond motifs is 1. The molecule has 1 aliphatic heterocycles. The molecule has 2 atom stereocenters. The van der Waals surface area contributed by atoms with E-state index in [1.54, 1.807) is 0 Å². The van der Waals surface area contributed by atoms with Gasteiger partial charge in [-0.05, 0) is 17.6 Å². The van der Waals surface area contributed by atoms with Crippen molar-refractivity contribution in [3.63, 3.8) is 0 Å². The topological polar surface area (TPSA) is 73.9 Å². The van der Waals surface area contributed by atoms with E-state index < -0.39 is 0 Å². The molecule has 1 aromatic rings. The van der Waals surface area contributed by atoms with Gasteiger partial charge in [0, 0.05) is 17.9 Å². The Labute approximate surface area is 124 Å². The number of nitriles is 2. The molecule has 4 nitrogen and oxygen atoms in total. The molecule has 0 spiro atoms. The second-order valence-electron chi connectivity index (χ2n) is 5.00. The van der Waals surface area contributed by atoms with Gasteiger partial charge in [-0.25, -0.2) is 0 Å². The van der Waals surface area contributed by atoms with Crippen molar-refractivity contribution < 1.29 is 9.53 Å². The van der Waals surface area contributed by atoms with Crippen LogP contribution in [0.25, 0.3) is 5.57 Å². The Morgan fingerprint density at radius 3 is 2.76 bits per heavy atom. The molecule has 1 aliphatic rings.